The third-order valence-corrected chi connectivity index (χ3v) is 3.30. The first-order chi connectivity index (χ1) is 10.5. The predicted octanol–water partition coefficient (Wildman–Crippen LogP) is 3.08. The van der Waals surface area contributed by atoms with Crippen LogP contribution < -0.4 is 9.47 Å². The molecular formula is C17H27FO4. The number of ether oxygens (including phenoxy) is 2. The third-order valence-electron chi connectivity index (χ3n) is 3.30. The summed E-state index contributed by atoms with van der Waals surface area (Å²) in [6, 6.07) is 2.97. The maximum atomic E-state index is 14.2. The van der Waals surface area contributed by atoms with Gasteiger partial charge in [0.2, 0.25) is 0 Å². The van der Waals surface area contributed by atoms with Crippen LogP contribution in [0.25, 0.3) is 0 Å². The van der Waals surface area contributed by atoms with Gasteiger partial charge in [0.05, 0.1) is 25.4 Å². The molecule has 2 atom stereocenters. The second-order valence-electron chi connectivity index (χ2n) is 5.43. The number of benzene rings is 1. The van der Waals surface area contributed by atoms with E-state index in [1.165, 1.54) is 13.0 Å². The van der Waals surface area contributed by atoms with E-state index < -0.39 is 12.2 Å². The number of rotatable bonds is 10. The molecule has 0 bridgehead atoms. The Kier molecular flexibility index (Phi) is 8.20. The molecule has 4 nitrogen and oxygen atoms in total. The van der Waals surface area contributed by atoms with Crippen molar-refractivity contribution in [3.8, 4) is 11.5 Å². The summed E-state index contributed by atoms with van der Waals surface area (Å²) < 4.78 is 25.3. The molecule has 2 unspecified atom stereocenters. The van der Waals surface area contributed by atoms with Crippen molar-refractivity contribution >= 4 is 0 Å². The van der Waals surface area contributed by atoms with Crippen molar-refractivity contribution in [2.75, 3.05) is 13.2 Å². The van der Waals surface area contributed by atoms with Crippen molar-refractivity contribution in [3.05, 3.63) is 23.5 Å². The van der Waals surface area contributed by atoms with Crippen molar-refractivity contribution in [2.24, 2.45) is 0 Å². The number of aliphatic hydroxyl groups is 2. The van der Waals surface area contributed by atoms with E-state index in [1.807, 2.05) is 13.8 Å². The van der Waals surface area contributed by atoms with E-state index in [1.54, 1.807) is 6.07 Å². The SMILES string of the molecule is CCCOc1cc(F)c(CCC(O)C(C)O)cc1OCCC. The minimum absolute atomic E-state index is 0.289. The largest absolute Gasteiger partial charge is 0.490 e. The second-order valence-corrected chi connectivity index (χ2v) is 5.43. The molecule has 0 aliphatic rings. The summed E-state index contributed by atoms with van der Waals surface area (Å²) in [5.41, 5.74) is 0.453. The minimum Gasteiger partial charge on any atom is -0.490 e. The third kappa shape index (κ3) is 5.81. The molecular weight excluding hydrogens is 287 g/mol. The summed E-state index contributed by atoms with van der Waals surface area (Å²) in [6.07, 6.45) is 0.602. The normalized spacial score (nSPS) is 13.7. The van der Waals surface area contributed by atoms with Gasteiger partial charge in [0.1, 0.15) is 5.82 Å². The quantitative estimate of drug-likeness (QED) is 0.697. The van der Waals surface area contributed by atoms with Gasteiger partial charge >= 0.3 is 0 Å². The van der Waals surface area contributed by atoms with Crippen LogP contribution in [-0.2, 0) is 6.42 Å². The van der Waals surface area contributed by atoms with Gasteiger partial charge in [-0.3, -0.25) is 0 Å². The van der Waals surface area contributed by atoms with E-state index >= 15 is 0 Å². The van der Waals surface area contributed by atoms with E-state index in [4.69, 9.17) is 9.47 Å². The van der Waals surface area contributed by atoms with Crippen LogP contribution in [0.5, 0.6) is 11.5 Å². The zero-order valence-electron chi connectivity index (χ0n) is 13.6. The van der Waals surface area contributed by atoms with E-state index in [2.05, 4.69) is 0 Å². The molecule has 22 heavy (non-hydrogen) atoms. The molecule has 0 fully saturated rings. The molecule has 0 heterocycles. The van der Waals surface area contributed by atoms with Crippen molar-refractivity contribution < 1.29 is 24.1 Å². The van der Waals surface area contributed by atoms with Gasteiger partial charge in [-0.25, -0.2) is 4.39 Å². The monoisotopic (exact) mass is 314 g/mol. The summed E-state index contributed by atoms with van der Waals surface area (Å²) in [5, 5.41) is 18.9. The number of aliphatic hydroxyl groups excluding tert-OH is 2. The van der Waals surface area contributed by atoms with Crippen LogP contribution in [0.2, 0.25) is 0 Å². The highest BCUT2D eigenvalue weighted by atomic mass is 19.1. The highest BCUT2D eigenvalue weighted by Crippen LogP contribution is 2.31. The fourth-order valence-electron chi connectivity index (χ4n) is 1.96. The van der Waals surface area contributed by atoms with Gasteiger partial charge in [0.25, 0.3) is 0 Å². The fraction of sp³-hybridized carbons (Fsp3) is 0.647. The maximum absolute atomic E-state index is 14.2. The predicted molar refractivity (Wildman–Crippen MR) is 84.0 cm³/mol. The molecule has 0 amide bonds. The lowest BCUT2D eigenvalue weighted by atomic mass is 10.0. The lowest BCUT2D eigenvalue weighted by Crippen LogP contribution is -2.23. The van der Waals surface area contributed by atoms with Crippen molar-refractivity contribution in [1.29, 1.82) is 0 Å². The summed E-state index contributed by atoms with van der Waals surface area (Å²) in [7, 11) is 0. The molecule has 0 spiro atoms. The average Bonchev–Trinajstić information content (AvgIpc) is 2.50. The van der Waals surface area contributed by atoms with Gasteiger partial charge in [-0.1, -0.05) is 13.8 Å². The van der Waals surface area contributed by atoms with Gasteiger partial charge < -0.3 is 19.7 Å². The van der Waals surface area contributed by atoms with Gasteiger partial charge in [-0.05, 0) is 44.2 Å². The van der Waals surface area contributed by atoms with Gasteiger partial charge in [-0.2, -0.15) is 0 Å². The zero-order valence-corrected chi connectivity index (χ0v) is 13.6. The highest BCUT2D eigenvalue weighted by molar-refractivity contribution is 5.44. The molecule has 0 saturated carbocycles. The summed E-state index contributed by atoms with van der Waals surface area (Å²) in [4.78, 5) is 0. The van der Waals surface area contributed by atoms with E-state index in [0.29, 0.717) is 36.7 Å². The first-order valence-electron chi connectivity index (χ1n) is 7.93. The zero-order chi connectivity index (χ0) is 16.5. The number of hydrogen-bond acceptors (Lipinski definition) is 4. The van der Waals surface area contributed by atoms with Crippen LogP contribution in [0.3, 0.4) is 0 Å². The van der Waals surface area contributed by atoms with Crippen LogP contribution in [0, 0.1) is 5.82 Å². The topological polar surface area (TPSA) is 58.9 Å². The minimum atomic E-state index is -0.865. The van der Waals surface area contributed by atoms with Crippen molar-refractivity contribution in [3.63, 3.8) is 0 Å². The average molecular weight is 314 g/mol. The highest BCUT2D eigenvalue weighted by Gasteiger charge is 2.16. The molecule has 126 valence electrons. The molecule has 0 aliphatic carbocycles. The van der Waals surface area contributed by atoms with E-state index in [-0.39, 0.29) is 12.2 Å². The molecule has 0 aromatic heterocycles. The molecule has 5 heteroatoms. The standard InChI is InChI=1S/C17H27FO4/c1-4-8-21-16-10-13(6-7-15(20)12(3)19)14(18)11-17(16)22-9-5-2/h10-12,15,19-20H,4-9H2,1-3H3. The van der Waals surface area contributed by atoms with E-state index in [0.717, 1.165) is 12.8 Å². The molecule has 0 saturated heterocycles. The van der Waals surface area contributed by atoms with Gasteiger partial charge in [0.15, 0.2) is 11.5 Å². The molecule has 1 aromatic rings. The lowest BCUT2D eigenvalue weighted by Gasteiger charge is -2.16. The Hall–Kier alpha value is -1.33. The Morgan fingerprint density at radius 1 is 1.05 bits per heavy atom. The summed E-state index contributed by atoms with van der Waals surface area (Å²) >= 11 is 0. The molecule has 0 radical (unpaired) electrons. The first kappa shape index (κ1) is 18.7. The first-order valence-corrected chi connectivity index (χ1v) is 7.93. The Labute approximate surface area is 131 Å². The lowest BCUT2D eigenvalue weighted by molar-refractivity contribution is 0.0264. The molecule has 1 aromatic carbocycles. The Morgan fingerprint density at radius 2 is 1.59 bits per heavy atom. The molecule has 0 aliphatic heterocycles. The van der Waals surface area contributed by atoms with Gasteiger partial charge in [-0.15, -0.1) is 0 Å². The van der Waals surface area contributed by atoms with Crippen LogP contribution in [0.1, 0.15) is 45.6 Å². The molecule has 2 N–H and O–H groups in total. The maximum Gasteiger partial charge on any atom is 0.164 e. The summed E-state index contributed by atoms with van der Waals surface area (Å²) in [5.74, 6) is 0.554. The second kappa shape index (κ2) is 9.64. The summed E-state index contributed by atoms with van der Waals surface area (Å²) in [6.45, 7) is 6.52. The number of hydrogen-bond donors (Lipinski definition) is 2. The van der Waals surface area contributed by atoms with Crippen LogP contribution in [0.4, 0.5) is 4.39 Å². The van der Waals surface area contributed by atoms with Gasteiger partial charge in [0, 0.05) is 6.07 Å². The van der Waals surface area contributed by atoms with E-state index in [9.17, 15) is 14.6 Å². The number of halogens is 1. The fourth-order valence-corrected chi connectivity index (χ4v) is 1.96. The van der Waals surface area contributed by atoms with Crippen LogP contribution >= 0.6 is 0 Å². The van der Waals surface area contributed by atoms with Crippen molar-refractivity contribution in [1.82, 2.24) is 0 Å². The molecule has 1 rings (SSSR count). The smallest absolute Gasteiger partial charge is 0.164 e. The Balaban J connectivity index is 2.88. The van der Waals surface area contributed by atoms with Crippen LogP contribution in [-0.4, -0.2) is 35.6 Å². The Bertz CT molecular complexity index is 449. The number of aryl methyl sites for hydroxylation is 1. The van der Waals surface area contributed by atoms with Crippen molar-refractivity contribution in [2.45, 2.75) is 58.7 Å². The van der Waals surface area contributed by atoms with Crippen LogP contribution in [0.15, 0.2) is 12.1 Å². The Morgan fingerprint density at radius 3 is 2.09 bits per heavy atom.